The zero-order valence-corrected chi connectivity index (χ0v) is 38.4. The second-order valence-electron chi connectivity index (χ2n) is 14.3. The molecule has 0 atom stereocenters. The first-order valence-electron chi connectivity index (χ1n) is 19.5. The molecule has 1 N–H and O–H groups in total. The zero-order valence-electron chi connectivity index (χ0n) is 34.8. The molecule has 0 fully saturated rings. The molecule has 5 aromatic carbocycles. The second kappa shape index (κ2) is 20.2. The quantitative estimate of drug-likeness (QED) is 0.0767. The van der Waals surface area contributed by atoms with Crippen molar-refractivity contribution >= 4 is 48.6 Å². The molecule has 306 valence electrons. The van der Waals surface area contributed by atoms with E-state index in [9.17, 15) is 25.9 Å². The Hall–Kier alpha value is -4.79. The van der Waals surface area contributed by atoms with Crippen molar-refractivity contribution in [3.63, 3.8) is 0 Å². The Bertz CT molecular complexity index is 2670. The number of anilines is 3. The summed E-state index contributed by atoms with van der Waals surface area (Å²) in [5.41, 5.74) is 11.7. The Morgan fingerprint density at radius 2 is 1.38 bits per heavy atom. The predicted molar refractivity (Wildman–Crippen MR) is 232 cm³/mol. The van der Waals surface area contributed by atoms with Crippen molar-refractivity contribution in [3.8, 4) is 5.75 Å². The number of nitrogens with one attached hydrogen (secondary N) is 1. The van der Waals surface area contributed by atoms with Gasteiger partial charge in [0.2, 0.25) is 0 Å². The van der Waals surface area contributed by atoms with Crippen LogP contribution in [0, 0.1) is 6.92 Å². The average molecular weight is 854 g/mol. The second-order valence-corrected chi connectivity index (χ2v) is 17.0. The van der Waals surface area contributed by atoms with Crippen LogP contribution in [0.4, 0.5) is 17.1 Å². The van der Waals surface area contributed by atoms with Gasteiger partial charge in [-0.2, -0.15) is 0 Å². The van der Waals surface area contributed by atoms with Crippen LogP contribution in [0.15, 0.2) is 154 Å². The molecule has 0 radical (unpaired) electrons. The third-order valence-electron chi connectivity index (χ3n) is 10.2. The molecule has 60 heavy (non-hydrogen) atoms. The van der Waals surface area contributed by atoms with E-state index in [1.54, 1.807) is 18.2 Å². The minimum Gasteiger partial charge on any atom is -0.744 e. The molecule has 0 bridgehead atoms. The Labute approximate surface area is 376 Å². The van der Waals surface area contributed by atoms with Gasteiger partial charge < -0.3 is 24.1 Å². The maximum atomic E-state index is 11.7. The van der Waals surface area contributed by atoms with Gasteiger partial charge in [-0.05, 0) is 152 Å². The number of benzene rings is 5. The molecular weight excluding hydrogens is 806 g/mol. The minimum atomic E-state index is -4.57. The van der Waals surface area contributed by atoms with Gasteiger partial charge in [0.15, 0.2) is 12.3 Å². The summed E-state index contributed by atoms with van der Waals surface area (Å²) in [6, 6.07) is 34.9. The maximum absolute atomic E-state index is 11.7. The summed E-state index contributed by atoms with van der Waals surface area (Å²) in [6.45, 7) is 13.2. The van der Waals surface area contributed by atoms with Crippen molar-refractivity contribution < 1.29 is 64.8 Å². The molecule has 0 amide bonds. The van der Waals surface area contributed by atoms with Crippen molar-refractivity contribution in [3.05, 3.63) is 172 Å². The van der Waals surface area contributed by atoms with E-state index in [-0.39, 0.29) is 39.3 Å². The van der Waals surface area contributed by atoms with Gasteiger partial charge in [0, 0.05) is 47.9 Å². The molecule has 0 aromatic heterocycles. The van der Waals surface area contributed by atoms with E-state index in [1.165, 1.54) is 24.3 Å². The predicted octanol–water partition coefficient (Wildman–Crippen LogP) is 5.97. The average Bonchev–Trinajstić information content (AvgIpc) is 3.21. The molecule has 0 saturated carbocycles. The van der Waals surface area contributed by atoms with Gasteiger partial charge in [-0.3, -0.25) is 0 Å². The summed E-state index contributed by atoms with van der Waals surface area (Å²) in [4.78, 5) is 1.70. The van der Waals surface area contributed by atoms with E-state index < -0.39 is 20.2 Å². The van der Waals surface area contributed by atoms with Gasteiger partial charge in [0.05, 0.1) is 16.4 Å². The largest absolute Gasteiger partial charge is 1.00 e. The summed E-state index contributed by atoms with van der Waals surface area (Å²) in [5, 5.41) is 3.48. The molecule has 0 spiro atoms. The monoisotopic (exact) mass is 853 g/mol. The van der Waals surface area contributed by atoms with Crippen molar-refractivity contribution in [2.24, 2.45) is 0 Å². The zero-order chi connectivity index (χ0) is 42.3. The van der Waals surface area contributed by atoms with Crippen LogP contribution in [0.1, 0.15) is 55.5 Å². The topological polar surface area (TPSA) is 142 Å². The fraction of sp³-hybridized carbons (Fsp3) is 0.213. The summed E-state index contributed by atoms with van der Waals surface area (Å²) < 4.78 is 77.3. The van der Waals surface area contributed by atoms with Gasteiger partial charge in [0.25, 0.3) is 0 Å². The summed E-state index contributed by atoms with van der Waals surface area (Å²) >= 11 is 0. The van der Waals surface area contributed by atoms with Crippen molar-refractivity contribution in [2.45, 2.75) is 57.5 Å². The molecule has 5 aromatic rings. The molecule has 1 aliphatic rings. The van der Waals surface area contributed by atoms with Crippen LogP contribution >= 0.6 is 0 Å². The number of ether oxygens (including phenoxy) is 1. The Morgan fingerprint density at radius 3 is 1.95 bits per heavy atom. The van der Waals surface area contributed by atoms with Crippen LogP contribution in [-0.4, -0.2) is 55.9 Å². The van der Waals surface area contributed by atoms with E-state index >= 15 is 0 Å². The van der Waals surface area contributed by atoms with Gasteiger partial charge in [0.1, 0.15) is 32.5 Å². The van der Waals surface area contributed by atoms with Gasteiger partial charge in [-0.1, -0.05) is 42.5 Å². The van der Waals surface area contributed by atoms with Crippen LogP contribution < -0.4 is 44.5 Å². The molecule has 0 unspecified atom stereocenters. The Morgan fingerprint density at radius 1 is 0.733 bits per heavy atom. The number of allylic oxidation sites excluding steroid dienone is 5. The molecule has 0 saturated heterocycles. The van der Waals surface area contributed by atoms with E-state index in [0.29, 0.717) is 32.8 Å². The smallest absolute Gasteiger partial charge is 0.744 e. The molecule has 0 aliphatic heterocycles. The van der Waals surface area contributed by atoms with Gasteiger partial charge >= 0.3 is 29.6 Å². The third kappa shape index (κ3) is 11.5. The van der Waals surface area contributed by atoms with E-state index in [4.69, 9.17) is 4.74 Å². The number of aryl methyl sites for hydroxylation is 1. The third-order valence-corrected chi connectivity index (χ3v) is 11.9. The van der Waals surface area contributed by atoms with Crippen LogP contribution in [0.3, 0.4) is 0 Å². The summed E-state index contributed by atoms with van der Waals surface area (Å²) in [7, 11) is -9.10. The van der Waals surface area contributed by atoms with Crippen LogP contribution in [0.2, 0.25) is 0 Å². The fourth-order valence-electron chi connectivity index (χ4n) is 7.17. The van der Waals surface area contributed by atoms with E-state index in [1.807, 2.05) is 44.2 Å². The minimum absolute atomic E-state index is 0. The first-order chi connectivity index (χ1) is 28.2. The van der Waals surface area contributed by atoms with Crippen LogP contribution in [0.5, 0.6) is 5.75 Å². The van der Waals surface area contributed by atoms with E-state index in [0.717, 1.165) is 73.1 Å². The standard InChI is InChI=1S/C47H49N3O7S2.Na/c1-6-49(31-35-12-24-43(25-13-35)58(51,52)53)40-20-26-45(33(4)28-40)47(37-14-16-38(17-15-37)48-39-18-22-42(23-19-39)57-8-3)46-27-21-41(29-34(46)5)50(7-2)32-36-10-9-11-44(30-36)59(54,55)56;/h9-30H,6-8,31-32H2,1-5H3,(H2,51,52,53,54,55,56);/q;+1/p-1. The van der Waals surface area contributed by atoms with E-state index in [2.05, 4.69) is 96.3 Å². The van der Waals surface area contributed by atoms with Gasteiger partial charge in [-0.15, -0.1) is 0 Å². The number of hydrogen-bond acceptors (Lipinski definition) is 9. The first-order valence-corrected chi connectivity index (χ1v) is 22.3. The molecule has 0 heterocycles. The molecule has 13 heteroatoms. The van der Waals surface area contributed by atoms with Crippen molar-refractivity contribution in [2.75, 3.05) is 29.9 Å². The number of hydrogen-bond donors (Lipinski definition) is 1. The molecule has 1 aliphatic carbocycles. The maximum Gasteiger partial charge on any atom is 1.00 e. The molecule has 6 rings (SSSR count). The Balaban J connectivity index is 0.00000683. The normalized spacial score (nSPS) is 14.5. The number of rotatable bonds is 15. The first kappa shape index (κ1) is 46.3. The van der Waals surface area contributed by atoms with Crippen LogP contribution in [0.25, 0.3) is 5.57 Å². The summed E-state index contributed by atoms with van der Waals surface area (Å²) in [5.74, 6) is 0.815. The van der Waals surface area contributed by atoms with Gasteiger partial charge in [-0.25, -0.2) is 21.4 Å². The fourth-order valence-corrected chi connectivity index (χ4v) is 8.18. The molecular formula is C47H48N3NaO7S2. The Kier molecular flexibility index (Phi) is 15.6. The van der Waals surface area contributed by atoms with Crippen molar-refractivity contribution in [1.29, 1.82) is 0 Å². The number of nitrogens with zero attached hydrogens (tertiary/aromatic N) is 2. The SMILES string of the molecule is CCOc1ccc(Nc2ccc(C(=C3C=CC(=[N+](CC)Cc4cccc(S(=O)(=O)[O-])c4)C=C3C)c3ccc(N(CC)Cc4ccc(S(=O)(=O)[O-])cc4)cc3C)cc2)cc1.[Na+]. The molecule has 10 nitrogen and oxygen atoms in total. The van der Waals surface area contributed by atoms with Crippen LogP contribution in [-0.2, 0) is 33.3 Å². The van der Waals surface area contributed by atoms with Crippen molar-refractivity contribution in [1.82, 2.24) is 0 Å². The summed E-state index contributed by atoms with van der Waals surface area (Å²) in [6.07, 6.45) is 6.35.